The Morgan fingerprint density at radius 3 is 2.58 bits per heavy atom. The summed E-state index contributed by atoms with van der Waals surface area (Å²) in [6, 6.07) is 7.21. The van der Waals surface area contributed by atoms with E-state index in [1.54, 1.807) is 33.5 Å². The fourth-order valence-corrected chi connectivity index (χ4v) is 3.67. The molecule has 0 spiro atoms. The quantitative estimate of drug-likeness (QED) is 0.404. The van der Waals surface area contributed by atoms with Crippen LogP contribution in [0.2, 0.25) is 5.02 Å². The summed E-state index contributed by atoms with van der Waals surface area (Å²) in [4.78, 5) is 20.1. The first-order chi connectivity index (χ1) is 14.9. The molecule has 0 saturated heterocycles. The van der Waals surface area contributed by atoms with Crippen LogP contribution in [-0.2, 0) is 11.2 Å². The summed E-state index contributed by atoms with van der Waals surface area (Å²) in [7, 11) is 0. The molecule has 3 heterocycles. The number of aromatic nitrogens is 4. The average molecular weight is 444 g/mol. The molecule has 0 radical (unpaired) electrons. The second kappa shape index (κ2) is 8.46. The number of carbonyl (C=O) groups is 1. The Morgan fingerprint density at radius 2 is 1.90 bits per heavy atom. The number of nitrogens with zero attached hydrogens (tertiary/aromatic N) is 4. The number of aliphatic hydroxyl groups excluding tert-OH is 2. The van der Waals surface area contributed by atoms with E-state index in [1.165, 1.54) is 18.5 Å². The van der Waals surface area contributed by atoms with Crippen molar-refractivity contribution in [1.29, 1.82) is 0 Å². The number of nitrogens with two attached hydrogens (primary N) is 1. The van der Waals surface area contributed by atoms with E-state index in [4.69, 9.17) is 17.3 Å². The molecule has 0 aliphatic carbocycles. The molecule has 3 aromatic heterocycles. The fourth-order valence-electron chi connectivity index (χ4n) is 3.49. The number of hydrogen-bond donors (Lipinski definition) is 3. The van der Waals surface area contributed by atoms with Gasteiger partial charge in [0.15, 0.2) is 0 Å². The highest BCUT2D eigenvalue weighted by atomic mass is 35.5. The SMILES string of the molecule is NC(=O)Cc1cnc2ccc(-c3c(-c4ccc(F)c(Cl)c4)ncn3C(CO)CO)cn12. The number of halogens is 2. The first-order valence-electron chi connectivity index (χ1n) is 9.41. The number of hydrogen-bond acceptors (Lipinski definition) is 5. The first kappa shape index (κ1) is 21.0. The normalized spacial score (nSPS) is 11.5. The third kappa shape index (κ3) is 3.90. The predicted molar refractivity (Wildman–Crippen MR) is 113 cm³/mol. The predicted octanol–water partition coefficient (Wildman–Crippen LogP) is 2.21. The molecule has 4 aromatic rings. The van der Waals surface area contributed by atoms with Gasteiger partial charge in [-0.05, 0) is 30.3 Å². The van der Waals surface area contributed by atoms with E-state index in [9.17, 15) is 19.4 Å². The lowest BCUT2D eigenvalue weighted by atomic mass is 10.1. The molecule has 0 bridgehead atoms. The highest BCUT2D eigenvalue weighted by Gasteiger charge is 2.21. The number of fused-ring (bicyclic) bond motifs is 1. The second-order valence-corrected chi connectivity index (χ2v) is 7.44. The Morgan fingerprint density at radius 1 is 1.16 bits per heavy atom. The van der Waals surface area contributed by atoms with Gasteiger partial charge in [0.2, 0.25) is 5.91 Å². The molecule has 4 rings (SSSR count). The summed E-state index contributed by atoms with van der Waals surface area (Å²) in [6.45, 7) is -0.632. The van der Waals surface area contributed by atoms with Gasteiger partial charge < -0.3 is 24.9 Å². The molecule has 160 valence electrons. The summed E-state index contributed by atoms with van der Waals surface area (Å²) in [5.41, 5.74) is 8.89. The van der Waals surface area contributed by atoms with Crippen LogP contribution < -0.4 is 5.73 Å². The summed E-state index contributed by atoms with van der Waals surface area (Å²) in [5.74, 6) is -1.04. The Labute approximate surface area is 181 Å². The Bertz CT molecular complexity index is 1270. The molecular formula is C21H19ClFN5O3. The number of imidazole rings is 2. The largest absolute Gasteiger partial charge is 0.394 e. The zero-order valence-corrected chi connectivity index (χ0v) is 17.0. The van der Waals surface area contributed by atoms with Gasteiger partial charge in [0.25, 0.3) is 0 Å². The minimum Gasteiger partial charge on any atom is -0.394 e. The maximum atomic E-state index is 13.7. The molecule has 0 unspecified atom stereocenters. The van der Waals surface area contributed by atoms with Crippen molar-refractivity contribution in [3.05, 3.63) is 65.6 Å². The summed E-state index contributed by atoms with van der Waals surface area (Å²) < 4.78 is 17.1. The number of rotatable bonds is 7. The Kier molecular flexibility index (Phi) is 5.73. The van der Waals surface area contributed by atoms with Crippen molar-refractivity contribution in [3.8, 4) is 22.5 Å². The minimum absolute atomic E-state index is 0.0141. The molecular weight excluding hydrogens is 425 g/mol. The van der Waals surface area contributed by atoms with Crippen molar-refractivity contribution < 1.29 is 19.4 Å². The van der Waals surface area contributed by atoms with Crippen LogP contribution in [-0.4, -0.2) is 48.3 Å². The van der Waals surface area contributed by atoms with E-state index in [0.29, 0.717) is 33.9 Å². The van der Waals surface area contributed by atoms with Crippen LogP contribution in [0.4, 0.5) is 4.39 Å². The van der Waals surface area contributed by atoms with Gasteiger partial charge in [-0.3, -0.25) is 4.79 Å². The van der Waals surface area contributed by atoms with Gasteiger partial charge in [-0.15, -0.1) is 0 Å². The average Bonchev–Trinajstić information content (AvgIpc) is 3.35. The number of aliphatic hydroxyl groups is 2. The van der Waals surface area contributed by atoms with Gasteiger partial charge >= 0.3 is 0 Å². The lowest BCUT2D eigenvalue weighted by Crippen LogP contribution is -2.17. The molecule has 0 aliphatic rings. The molecule has 0 atom stereocenters. The third-order valence-corrected chi connectivity index (χ3v) is 5.30. The highest BCUT2D eigenvalue weighted by Crippen LogP contribution is 2.35. The maximum absolute atomic E-state index is 13.7. The van der Waals surface area contributed by atoms with Gasteiger partial charge in [0.05, 0.1) is 54.1 Å². The Hall–Kier alpha value is -3.27. The molecule has 0 fully saturated rings. The van der Waals surface area contributed by atoms with E-state index in [1.807, 2.05) is 6.07 Å². The van der Waals surface area contributed by atoms with Crippen LogP contribution >= 0.6 is 11.6 Å². The van der Waals surface area contributed by atoms with Crippen molar-refractivity contribution in [2.75, 3.05) is 13.2 Å². The van der Waals surface area contributed by atoms with Gasteiger partial charge in [-0.25, -0.2) is 14.4 Å². The Balaban J connectivity index is 1.94. The topological polar surface area (TPSA) is 119 Å². The number of pyridine rings is 1. The van der Waals surface area contributed by atoms with Crippen LogP contribution in [0.15, 0.2) is 49.1 Å². The van der Waals surface area contributed by atoms with Crippen LogP contribution in [0.5, 0.6) is 0 Å². The van der Waals surface area contributed by atoms with Crippen LogP contribution in [0.1, 0.15) is 11.7 Å². The van der Waals surface area contributed by atoms with Gasteiger partial charge in [0, 0.05) is 23.5 Å². The smallest absolute Gasteiger partial charge is 0.223 e. The summed E-state index contributed by atoms with van der Waals surface area (Å²) in [5, 5.41) is 19.4. The lowest BCUT2D eigenvalue weighted by molar-refractivity contribution is -0.117. The summed E-state index contributed by atoms with van der Waals surface area (Å²) in [6.07, 6.45) is 4.86. The van der Waals surface area contributed by atoms with Crippen molar-refractivity contribution in [2.24, 2.45) is 5.73 Å². The number of carbonyl (C=O) groups excluding carboxylic acids is 1. The van der Waals surface area contributed by atoms with Gasteiger partial charge in [0.1, 0.15) is 11.5 Å². The zero-order valence-electron chi connectivity index (χ0n) is 16.2. The molecule has 1 aromatic carbocycles. The second-order valence-electron chi connectivity index (χ2n) is 7.04. The fraction of sp³-hybridized carbons (Fsp3) is 0.190. The van der Waals surface area contributed by atoms with Crippen LogP contribution in [0.25, 0.3) is 28.2 Å². The number of primary amides is 1. The van der Waals surface area contributed by atoms with Crippen molar-refractivity contribution in [2.45, 2.75) is 12.5 Å². The van der Waals surface area contributed by atoms with Crippen molar-refractivity contribution in [3.63, 3.8) is 0 Å². The molecule has 0 aliphatic heterocycles. The van der Waals surface area contributed by atoms with Crippen molar-refractivity contribution in [1.82, 2.24) is 18.9 Å². The van der Waals surface area contributed by atoms with Gasteiger partial charge in [-0.1, -0.05) is 11.6 Å². The third-order valence-electron chi connectivity index (χ3n) is 5.01. The highest BCUT2D eigenvalue weighted by molar-refractivity contribution is 6.31. The number of benzene rings is 1. The van der Waals surface area contributed by atoms with Crippen molar-refractivity contribution >= 4 is 23.2 Å². The standard InChI is InChI=1S/C21H19ClFN5O3/c22-16-5-12(1-3-17(16)23)20-21(28(11-26-20)15(9-29)10-30)13-2-4-19-25-7-14(6-18(24)31)27(19)8-13/h1-5,7-8,11,15,29-30H,6,9-10H2,(H2,24,31). The van der Waals surface area contributed by atoms with E-state index < -0.39 is 17.8 Å². The first-order valence-corrected chi connectivity index (χ1v) is 9.79. The monoisotopic (exact) mass is 443 g/mol. The molecule has 8 nitrogen and oxygen atoms in total. The van der Waals surface area contributed by atoms with Gasteiger partial charge in [-0.2, -0.15) is 0 Å². The molecule has 10 heteroatoms. The van der Waals surface area contributed by atoms with E-state index >= 15 is 0 Å². The van der Waals surface area contributed by atoms with Crippen LogP contribution in [0, 0.1) is 5.82 Å². The zero-order chi connectivity index (χ0) is 22.1. The molecule has 1 amide bonds. The number of amides is 1. The maximum Gasteiger partial charge on any atom is 0.223 e. The minimum atomic E-state index is -0.643. The van der Waals surface area contributed by atoms with E-state index in [0.717, 1.165) is 0 Å². The van der Waals surface area contributed by atoms with E-state index in [-0.39, 0.29) is 24.7 Å². The van der Waals surface area contributed by atoms with E-state index in [2.05, 4.69) is 9.97 Å². The molecule has 0 saturated carbocycles. The lowest BCUT2D eigenvalue weighted by Gasteiger charge is -2.18. The van der Waals surface area contributed by atoms with Crippen LogP contribution in [0.3, 0.4) is 0 Å². The summed E-state index contributed by atoms with van der Waals surface area (Å²) >= 11 is 5.97. The molecule has 31 heavy (non-hydrogen) atoms. The molecule has 4 N–H and O–H groups in total.